The lowest BCUT2D eigenvalue weighted by Crippen LogP contribution is -2.48. The summed E-state index contributed by atoms with van der Waals surface area (Å²) in [6, 6.07) is 15.1. The minimum absolute atomic E-state index is 0.287. The predicted molar refractivity (Wildman–Crippen MR) is 118 cm³/mol. The largest absolute Gasteiger partial charge is 0.369 e. The van der Waals surface area contributed by atoms with Crippen LogP contribution < -0.4 is 10.2 Å². The Hall–Kier alpha value is -2.70. The number of rotatable bonds is 7. The summed E-state index contributed by atoms with van der Waals surface area (Å²) >= 11 is 0. The highest BCUT2D eigenvalue weighted by atomic mass is 19.1. The topological polar surface area (TPSA) is 44.5 Å². The van der Waals surface area contributed by atoms with Gasteiger partial charge in [0, 0.05) is 56.6 Å². The predicted octanol–water partition coefficient (Wildman–Crippen LogP) is 4.01. The molecule has 2 heterocycles. The lowest BCUT2D eigenvalue weighted by molar-refractivity contribution is 0.255. The van der Waals surface area contributed by atoms with Crippen LogP contribution >= 0.6 is 0 Å². The van der Waals surface area contributed by atoms with E-state index in [2.05, 4.69) is 52.3 Å². The molecule has 1 saturated heterocycles. The van der Waals surface area contributed by atoms with Gasteiger partial charge in [0.1, 0.15) is 11.5 Å². The highest BCUT2D eigenvalue weighted by molar-refractivity contribution is 5.59. The van der Waals surface area contributed by atoms with Crippen molar-refractivity contribution < 1.29 is 8.91 Å². The maximum Gasteiger partial charge on any atom is 0.151 e. The molecule has 0 unspecified atom stereocenters. The second-order valence-corrected chi connectivity index (χ2v) is 7.95. The van der Waals surface area contributed by atoms with Gasteiger partial charge in [-0.1, -0.05) is 35.0 Å². The Morgan fingerprint density at radius 1 is 1.03 bits per heavy atom. The molecule has 1 aromatic heterocycles. The number of benzene rings is 2. The monoisotopic (exact) mass is 408 g/mol. The maximum absolute atomic E-state index is 13.9. The molecule has 5 nitrogen and oxygen atoms in total. The summed E-state index contributed by atoms with van der Waals surface area (Å²) in [5.41, 5.74) is 5.02. The minimum Gasteiger partial charge on any atom is -0.369 e. The first kappa shape index (κ1) is 20.6. The van der Waals surface area contributed by atoms with Gasteiger partial charge in [-0.05, 0) is 37.6 Å². The van der Waals surface area contributed by atoms with Gasteiger partial charge >= 0.3 is 0 Å². The molecule has 0 radical (unpaired) electrons. The van der Waals surface area contributed by atoms with Gasteiger partial charge in [-0.15, -0.1) is 0 Å². The average molecular weight is 409 g/mol. The Morgan fingerprint density at radius 2 is 1.83 bits per heavy atom. The molecule has 1 aliphatic heterocycles. The molecule has 1 fully saturated rings. The van der Waals surface area contributed by atoms with Crippen molar-refractivity contribution in [1.82, 2.24) is 15.4 Å². The summed E-state index contributed by atoms with van der Waals surface area (Å²) in [5, 5.41) is 7.40. The van der Waals surface area contributed by atoms with Crippen molar-refractivity contribution in [2.75, 3.05) is 44.2 Å². The zero-order valence-electron chi connectivity index (χ0n) is 17.7. The van der Waals surface area contributed by atoms with Gasteiger partial charge in [0.2, 0.25) is 0 Å². The van der Waals surface area contributed by atoms with Crippen molar-refractivity contribution in [1.29, 1.82) is 0 Å². The molecular formula is C24H29FN4O. The van der Waals surface area contributed by atoms with Crippen molar-refractivity contribution in [2.45, 2.75) is 20.4 Å². The van der Waals surface area contributed by atoms with E-state index in [0.717, 1.165) is 39.3 Å². The van der Waals surface area contributed by atoms with E-state index in [1.807, 2.05) is 0 Å². The Labute approximate surface area is 177 Å². The lowest BCUT2D eigenvalue weighted by atomic mass is 10.1. The van der Waals surface area contributed by atoms with Gasteiger partial charge in [0.05, 0.1) is 6.54 Å². The van der Waals surface area contributed by atoms with Crippen LogP contribution in [0.25, 0.3) is 11.3 Å². The third kappa shape index (κ3) is 4.89. The van der Waals surface area contributed by atoms with Crippen LogP contribution in [0.2, 0.25) is 0 Å². The van der Waals surface area contributed by atoms with Crippen molar-refractivity contribution in [2.24, 2.45) is 0 Å². The molecule has 0 atom stereocenters. The number of anilines is 1. The molecule has 30 heavy (non-hydrogen) atoms. The molecule has 0 spiro atoms. The van der Waals surface area contributed by atoms with Crippen molar-refractivity contribution in [3.05, 3.63) is 71.2 Å². The second kappa shape index (κ2) is 9.41. The van der Waals surface area contributed by atoms with Crippen molar-refractivity contribution >= 4 is 5.69 Å². The van der Waals surface area contributed by atoms with Crippen LogP contribution in [0.4, 0.5) is 10.1 Å². The van der Waals surface area contributed by atoms with Gasteiger partial charge in [0.15, 0.2) is 5.76 Å². The summed E-state index contributed by atoms with van der Waals surface area (Å²) < 4.78 is 19.2. The number of halogens is 1. The molecule has 4 rings (SSSR count). The smallest absolute Gasteiger partial charge is 0.151 e. The summed E-state index contributed by atoms with van der Waals surface area (Å²) in [5.74, 6) is 0.429. The summed E-state index contributed by atoms with van der Waals surface area (Å²) in [6.07, 6.45) is 0. The molecule has 0 amide bonds. The number of nitrogens with zero attached hydrogens (tertiary/aromatic N) is 3. The fraction of sp³-hybridized carbons (Fsp3) is 0.375. The highest BCUT2D eigenvalue weighted by Crippen LogP contribution is 2.23. The molecule has 0 aliphatic carbocycles. The fourth-order valence-corrected chi connectivity index (χ4v) is 4.01. The molecule has 0 bridgehead atoms. The SMILES string of the molecule is Cc1ccc(N2CCN(CCNCc3cc(-c4ccccc4F)no3)CC2)c(C)c1. The molecule has 158 valence electrons. The number of piperazine rings is 1. The van der Waals surface area contributed by atoms with Crippen LogP contribution in [-0.2, 0) is 6.54 Å². The first-order valence-electron chi connectivity index (χ1n) is 10.6. The minimum atomic E-state index is -0.287. The molecule has 2 aromatic carbocycles. The average Bonchev–Trinajstić information content (AvgIpc) is 3.21. The van der Waals surface area contributed by atoms with Gasteiger partial charge in [-0.2, -0.15) is 0 Å². The van der Waals surface area contributed by atoms with Crippen molar-refractivity contribution in [3.63, 3.8) is 0 Å². The number of aryl methyl sites for hydroxylation is 2. The highest BCUT2D eigenvalue weighted by Gasteiger charge is 2.18. The summed E-state index contributed by atoms with van der Waals surface area (Å²) in [6.45, 7) is 11.0. The van der Waals surface area contributed by atoms with Crippen LogP contribution in [0.1, 0.15) is 16.9 Å². The Balaban J connectivity index is 1.20. The zero-order chi connectivity index (χ0) is 20.9. The quantitative estimate of drug-likeness (QED) is 0.599. The van der Waals surface area contributed by atoms with E-state index in [9.17, 15) is 4.39 Å². The molecule has 3 aromatic rings. The van der Waals surface area contributed by atoms with Crippen LogP contribution in [0.3, 0.4) is 0 Å². The summed E-state index contributed by atoms with van der Waals surface area (Å²) in [7, 11) is 0. The van der Waals surface area contributed by atoms with Gasteiger partial charge in [-0.25, -0.2) is 4.39 Å². The van der Waals surface area contributed by atoms with Gasteiger partial charge < -0.3 is 14.7 Å². The molecular weight excluding hydrogens is 379 g/mol. The van der Waals surface area contributed by atoms with E-state index in [1.54, 1.807) is 24.3 Å². The van der Waals surface area contributed by atoms with Crippen LogP contribution in [0, 0.1) is 19.7 Å². The van der Waals surface area contributed by atoms with Crippen LogP contribution in [-0.4, -0.2) is 49.3 Å². The Bertz CT molecular complexity index is 979. The lowest BCUT2D eigenvalue weighted by Gasteiger charge is -2.37. The second-order valence-electron chi connectivity index (χ2n) is 7.95. The molecule has 1 N–H and O–H groups in total. The number of hydrogen-bond acceptors (Lipinski definition) is 5. The van der Waals surface area contributed by atoms with Crippen LogP contribution in [0.5, 0.6) is 0 Å². The third-order valence-corrected chi connectivity index (χ3v) is 5.68. The fourth-order valence-electron chi connectivity index (χ4n) is 4.01. The molecule has 6 heteroatoms. The first-order valence-corrected chi connectivity index (χ1v) is 10.6. The normalized spacial score (nSPS) is 15.0. The van der Waals surface area contributed by atoms with Gasteiger partial charge in [0.25, 0.3) is 0 Å². The van der Waals surface area contributed by atoms with E-state index in [-0.39, 0.29) is 5.82 Å². The maximum atomic E-state index is 13.9. The van der Waals surface area contributed by atoms with E-state index < -0.39 is 0 Å². The van der Waals surface area contributed by atoms with E-state index >= 15 is 0 Å². The number of hydrogen-bond donors (Lipinski definition) is 1. The van der Waals surface area contributed by atoms with E-state index in [0.29, 0.717) is 23.6 Å². The first-order chi connectivity index (χ1) is 14.6. The van der Waals surface area contributed by atoms with Crippen molar-refractivity contribution in [3.8, 4) is 11.3 Å². The number of aromatic nitrogens is 1. The molecule has 1 aliphatic rings. The van der Waals surface area contributed by atoms with E-state index in [1.165, 1.54) is 22.9 Å². The van der Waals surface area contributed by atoms with E-state index in [4.69, 9.17) is 4.52 Å². The standard InChI is InChI=1S/C24H29FN4O/c1-18-7-8-24(19(2)15-18)29-13-11-28(12-14-29)10-9-26-17-20-16-23(27-30-20)21-5-3-4-6-22(21)25/h3-8,15-16,26H,9-14,17H2,1-2H3. The Kier molecular flexibility index (Phi) is 6.45. The van der Waals surface area contributed by atoms with Gasteiger partial charge in [-0.3, -0.25) is 4.90 Å². The Morgan fingerprint density at radius 3 is 2.60 bits per heavy atom. The number of nitrogens with one attached hydrogen (secondary N) is 1. The molecule has 0 saturated carbocycles. The summed E-state index contributed by atoms with van der Waals surface area (Å²) in [4.78, 5) is 4.97. The zero-order valence-corrected chi connectivity index (χ0v) is 17.7. The van der Waals surface area contributed by atoms with Crippen LogP contribution in [0.15, 0.2) is 53.1 Å². The third-order valence-electron chi connectivity index (χ3n) is 5.68.